The van der Waals surface area contributed by atoms with Crippen molar-refractivity contribution in [3.8, 4) is 17.2 Å². The molecule has 3 rings (SSSR count). The van der Waals surface area contributed by atoms with Crippen molar-refractivity contribution in [2.45, 2.75) is 6.54 Å². The molecule has 0 spiro atoms. The Kier molecular flexibility index (Phi) is 2.57. The number of hydrogen-bond acceptors (Lipinski definition) is 4. The Balaban J connectivity index is 1.58. The van der Waals surface area contributed by atoms with Gasteiger partial charge in [0.05, 0.1) is 12.9 Å². The molecule has 5 nitrogen and oxygen atoms in total. The summed E-state index contributed by atoms with van der Waals surface area (Å²) in [4.78, 5) is 3.97. The lowest BCUT2D eigenvalue weighted by Gasteiger charge is -2.07. The fraction of sp³-hybridized carbons (Fsp3) is 0.250. The van der Waals surface area contributed by atoms with Crippen molar-refractivity contribution in [1.29, 1.82) is 0 Å². The van der Waals surface area contributed by atoms with Gasteiger partial charge in [0.2, 0.25) is 6.79 Å². The summed E-state index contributed by atoms with van der Waals surface area (Å²) in [6, 6.07) is 5.58. The van der Waals surface area contributed by atoms with Crippen molar-refractivity contribution in [2.24, 2.45) is 0 Å². The van der Waals surface area contributed by atoms with Crippen LogP contribution in [0.3, 0.4) is 0 Å². The van der Waals surface area contributed by atoms with Crippen molar-refractivity contribution >= 4 is 0 Å². The average Bonchev–Trinajstić information content (AvgIpc) is 2.98. The molecule has 0 atom stereocenters. The third-order valence-electron chi connectivity index (χ3n) is 2.52. The van der Waals surface area contributed by atoms with Gasteiger partial charge >= 0.3 is 0 Å². The number of hydrogen-bond donors (Lipinski definition) is 0. The van der Waals surface area contributed by atoms with Gasteiger partial charge in [-0.2, -0.15) is 0 Å². The van der Waals surface area contributed by atoms with Crippen LogP contribution in [0.5, 0.6) is 17.2 Å². The molecule has 0 bridgehead atoms. The Morgan fingerprint density at radius 2 is 2.24 bits per heavy atom. The number of benzene rings is 1. The van der Waals surface area contributed by atoms with Crippen LogP contribution in [0.4, 0.5) is 0 Å². The maximum Gasteiger partial charge on any atom is 0.231 e. The van der Waals surface area contributed by atoms with Gasteiger partial charge < -0.3 is 18.8 Å². The van der Waals surface area contributed by atoms with E-state index in [4.69, 9.17) is 14.2 Å². The monoisotopic (exact) mass is 232 g/mol. The summed E-state index contributed by atoms with van der Waals surface area (Å²) in [5, 5.41) is 0. The van der Waals surface area contributed by atoms with Gasteiger partial charge in [-0.1, -0.05) is 0 Å². The first-order valence-corrected chi connectivity index (χ1v) is 5.40. The second kappa shape index (κ2) is 4.37. The standard InChI is InChI=1S/C12H12N2O3/c1-2-11-12(17-9-16-11)7-10(1)15-6-5-14-4-3-13-8-14/h1-4,7-8H,5-6,9H2. The highest BCUT2D eigenvalue weighted by atomic mass is 16.7. The minimum absolute atomic E-state index is 0.286. The van der Waals surface area contributed by atoms with E-state index in [1.165, 1.54) is 0 Å². The van der Waals surface area contributed by atoms with Gasteiger partial charge in [0.1, 0.15) is 12.4 Å². The summed E-state index contributed by atoms with van der Waals surface area (Å²) < 4.78 is 18.1. The lowest BCUT2D eigenvalue weighted by atomic mass is 10.3. The van der Waals surface area contributed by atoms with E-state index in [0.29, 0.717) is 6.61 Å². The number of rotatable bonds is 4. The highest BCUT2D eigenvalue weighted by Crippen LogP contribution is 2.34. The van der Waals surface area contributed by atoms with Crippen LogP contribution in [0, 0.1) is 0 Å². The predicted octanol–water partition coefficient (Wildman–Crippen LogP) is 1.69. The van der Waals surface area contributed by atoms with Crippen molar-refractivity contribution in [1.82, 2.24) is 9.55 Å². The van der Waals surface area contributed by atoms with Gasteiger partial charge in [0.25, 0.3) is 0 Å². The summed E-state index contributed by atoms with van der Waals surface area (Å²) >= 11 is 0. The molecule has 17 heavy (non-hydrogen) atoms. The van der Waals surface area contributed by atoms with E-state index in [0.717, 1.165) is 23.8 Å². The molecule has 1 aromatic heterocycles. The third kappa shape index (κ3) is 2.18. The third-order valence-corrected chi connectivity index (χ3v) is 2.52. The number of ether oxygens (including phenoxy) is 3. The summed E-state index contributed by atoms with van der Waals surface area (Å²) in [7, 11) is 0. The van der Waals surface area contributed by atoms with Crippen LogP contribution in [0.2, 0.25) is 0 Å². The van der Waals surface area contributed by atoms with Crippen LogP contribution < -0.4 is 14.2 Å². The van der Waals surface area contributed by atoms with E-state index < -0.39 is 0 Å². The smallest absolute Gasteiger partial charge is 0.231 e. The molecule has 0 fully saturated rings. The lowest BCUT2D eigenvalue weighted by molar-refractivity contribution is 0.173. The van der Waals surface area contributed by atoms with Crippen molar-refractivity contribution in [3.63, 3.8) is 0 Å². The van der Waals surface area contributed by atoms with Crippen LogP contribution in [0.1, 0.15) is 0 Å². The van der Waals surface area contributed by atoms with E-state index in [2.05, 4.69) is 4.98 Å². The number of fused-ring (bicyclic) bond motifs is 1. The van der Waals surface area contributed by atoms with Crippen LogP contribution >= 0.6 is 0 Å². The predicted molar refractivity (Wildman–Crippen MR) is 60.3 cm³/mol. The zero-order chi connectivity index (χ0) is 11.5. The van der Waals surface area contributed by atoms with E-state index in [-0.39, 0.29) is 6.79 Å². The summed E-state index contributed by atoms with van der Waals surface area (Å²) in [6.45, 7) is 1.65. The first-order chi connectivity index (χ1) is 8.42. The van der Waals surface area contributed by atoms with Crippen LogP contribution in [0.25, 0.3) is 0 Å². The molecule has 0 saturated heterocycles. The first-order valence-electron chi connectivity index (χ1n) is 5.40. The molecule has 2 aromatic rings. The lowest BCUT2D eigenvalue weighted by Crippen LogP contribution is -2.06. The van der Waals surface area contributed by atoms with Crippen molar-refractivity contribution < 1.29 is 14.2 Å². The molecular weight excluding hydrogens is 220 g/mol. The van der Waals surface area contributed by atoms with E-state index in [1.54, 1.807) is 12.5 Å². The molecule has 5 heteroatoms. The zero-order valence-corrected chi connectivity index (χ0v) is 9.20. The van der Waals surface area contributed by atoms with Gasteiger partial charge in [0, 0.05) is 18.5 Å². The van der Waals surface area contributed by atoms with Gasteiger partial charge in [-0.3, -0.25) is 0 Å². The molecule has 2 heterocycles. The molecule has 1 aliphatic heterocycles. The first kappa shape index (κ1) is 10.0. The Morgan fingerprint density at radius 1 is 1.29 bits per heavy atom. The maximum atomic E-state index is 5.62. The summed E-state index contributed by atoms with van der Waals surface area (Å²) in [5.41, 5.74) is 0. The second-order valence-corrected chi connectivity index (χ2v) is 3.66. The quantitative estimate of drug-likeness (QED) is 0.804. The Bertz CT molecular complexity index is 496. The van der Waals surface area contributed by atoms with E-state index in [1.807, 2.05) is 29.0 Å². The molecular formula is C12H12N2O3. The molecule has 88 valence electrons. The molecule has 0 N–H and O–H groups in total. The minimum Gasteiger partial charge on any atom is -0.492 e. The maximum absolute atomic E-state index is 5.62. The normalized spacial score (nSPS) is 12.7. The number of aromatic nitrogens is 2. The Hall–Kier alpha value is -2.17. The summed E-state index contributed by atoms with van der Waals surface area (Å²) in [5.74, 6) is 2.30. The Labute approximate surface area is 98.6 Å². The molecule has 0 unspecified atom stereocenters. The van der Waals surface area contributed by atoms with Crippen LogP contribution in [-0.4, -0.2) is 23.0 Å². The van der Waals surface area contributed by atoms with Crippen LogP contribution in [0.15, 0.2) is 36.9 Å². The molecule has 0 aliphatic carbocycles. The molecule has 1 aromatic carbocycles. The topological polar surface area (TPSA) is 45.5 Å². The van der Waals surface area contributed by atoms with Gasteiger partial charge in [-0.15, -0.1) is 0 Å². The highest BCUT2D eigenvalue weighted by molar-refractivity contribution is 5.46. The van der Waals surface area contributed by atoms with Gasteiger partial charge in [0.15, 0.2) is 11.5 Å². The molecule has 1 aliphatic rings. The average molecular weight is 232 g/mol. The van der Waals surface area contributed by atoms with Gasteiger partial charge in [-0.05, 0) is 12.1 Å². The minimum atomic E-state index is 0.286. The molecule has 0 radical (unpaired) electrons. The SMILES string of the molecule is c1cn(CCOc2ccc3c(c2)OCO3)cn1. The zero-order valence-electron chi connectivity index (χ0n) is 9.20. The number of nitrogens with zero attached hydrogens (tertiary/aromatic N) is 2. The van der Waals surface area contributed by atoms with Crippen molar-refractivity contribution in [2.75, 3.05) is 13.4 Å². The summed E-state index contributed by atoms with van der Waals surface area (Å²) in [6.07, 6.45) is 5.42. The van der Waals surface area contributed by atoms with E-state index >= 15 is 0 Å². The fourth-order valence-corrected chi connectivity index (χ4v) is 1.65. The molecule has 0 amide bonds. The second-order valence-electron chi connectivity index (χ2n) is 3.66. The fourth-order valence-electron chi connectivity index (χ4n) is 1.65. The highest BCUT2D eigenvalue weighted by Gasteiger charge is 2.13. The molecule has 0 saturated carbocycles. The van der Waals surface area contributed by atoms with Crippen molar-refractivity contribution in [3.05, 3.63) is 36.9 Å². The Morgan fingerprint density at radius 3 is 3.12 bits per heavy atom. The van der Waals surface area contributed by atoms with Gasteiger partial charge in [-0.25, -0.2) is 4.98 Å². The largest absolute Gasteiger partial charge is 0.492 e. The number of imidazole rings is 1. The van der Waals surface area contributed by atoms with E-state index in [9.17, 15) is 0 Å². The van der Waals surface area contributed by atoms with Crippen LogP contribution in [-0.2, 0) is 6.54 Å².